The van der Waals surface area contributed by atoms with Crippen LogP contribution in [0.25, 0.3) is 0 Å². The van der Waals surface area contributed by atoms with E-state index >= 15 is 0 Å². The fourth-order valence-corrected chi connectivity index (χ4v) is 5.41. The number of rotatable bonds is 3. The highest BCUT2D eigenvalue weighted by atomic mass is 35.5. The second-order valence-electron chi connectivity index (χ2n) is 6.06. The molecule has 5 nitrogen and oxygen atoms in total. The molecule has 1 aliphatic carbocycles. The van der Waals surface area contributed by atoms with Crippen LogP contribution in [0.4, 0.5) is 0 Å². The van der Waals surface area contributed by atoms with Gasteiger partial charge in [0.2, 0.25) is 5.91 Å². The minimum absolute atomic E-state index is 0.0445. The lowest BCUT2D eigenvalue weighted by atomic mass is 9.94. The van der Waals surface area contributed by atoms with Gasteiger partial charge in [-0.25, -0.2) is 0 Å². The number of thioether (sulfide) groups is 1. The van der Waals surface area contributed by atoms with Crippen LogP contribution in [0.15, 0.2) is 33.6 Å². The molecule has 1 aromatic rings. The predicted molar refractivity (Wildman–Crippen MR) is 96.8 cm³/mol. The third-order valence-electron chi connectivity index (χ3n) is 4.32. The maximum Gasteiger partial charge on any atom is 0.284 e. The minimum Gasteiger partial charge on any atom is -0.287 e. The summed E-state index contributed by atoms with van der Waals surface area (Å²) >= 11 is 7.03. The molecule has 0 N–H and O–H groups in total. The van der Waals surface area contributed by atoms with E-state index in [1.54, 1.807) is 11.8 Å². The molecule has 0 bridgehead atoms. The Morgan fingerprint density at radius 2 is 1.79 bits per heavy atom. The first-order valence-corrected chi connectivity index (χ1v) is 10.7. The Kier molecular flexibility index (Phi) is 5.22. The molecular weight excluding hydrogens is 368 g/mol. The van der Waals surface area contributed by atoms with Gasteiger partial charge in [0.25, 0.3) is 10.0 Å². The highest BCUT2D eigenvalue weighted by molar-refractivity contribution is 8.16. The van der Waals surface area contributed by atoms with Crippen LogP contribution in [0.2, 0.25) is 5.02 Å². The number of amidine groups is 1. The van der Waals surface area contributed by atoms with Crippen LogP contribution in [-0.4, -0.2) is 35.7 Å². The number of halogens is 1. The number of nitrogens with zero attached hydrogens (tertiary/aromatic N) is 2. The van der Waals surface area contributed by atoms with Crippen LogP contribution in [0, 0.1) is 0 Å². The number of carbonyl (C=O) groups excluding carboxylic acids is 1. The van der Waals surface area contributed by atoms with E-state index in [2.05, 4.69) is 4.40 Å². The van der Waals surface area contributed by atoms with E-state index in [1.807, 2.05) is 0 Å². The SMILES string of the molecule is C[C@H]1SC(=NS(=O)(=O)c2ccc(Cl)cc2)N(C2CCCCC2)C1=O. The van der Waals surface area contributed by atoms with Gasteiger partial charge in [0.1, 0.15) is 0 Å². The Labute approximate surface area is 151 Å². The summed E-state index contributed by atoms with van der Waals surface area (Å²) in [5.41, 5.74) is 0. The normalized spacial score (nSPS) is 24.8. The number of hydrogen-bond acceptors (Lipinski definition) is 4. The number of carbonyl (C=O) groups is 1. The van der Waals surface area contributed by atoms with Gasteiger partial charge in [-0.15, -0.1) is 4.40 Å². The van der Waals surface area contributed by atoms with E-state index in [-0.39, 0.29) is 22.1 Å². The van der Waals surface area contributed by atoms with E-state index in [9.17, 15) is 13.2 Å². The molecule has 1 saturated heterocycles. The largest absolute Gasteiger partial charge is 0.287 e. The van der Waals surface area contributed by atoms with E-state index in [0.717, 1.165) is 32.1 Å². The monoisotopic (exact) mass is 386 g/mol. The van der Waals surface area contributed by atoms with Gasteiger partial charge in [-0.2, -0.15) is 8.42 Å². The Morgan fingerprint density at radius 1 is 1.17 bits per heavy atom. The fraction of sp³-hybridized carbons (Fsp3) is 0.500. The number of hydrogen-bond donors (Lipinski definition) is 0. The summed E-state index contributed by atoms with van der Waals surface area (Å²) in [4.78, 5) is 14.2. The molecule has 1 aliphatic heterocycles. The lowest BCUT2D eigenvalue weighted by Crippen LogP contribution is -2.42. The molecule has 0 aromatic heterocycles. The van der Waals surface area contributed by atoms with Crippen molar-refractivity contribution in [2.45, 2.75) is 55.2 Å². The number of benzene rings is 1. The molecule has 8 heteroatoms. The van der Waals surface area contributed by atoms with Gasteiger partial charge in [-0.05, 0) is 44.0 Å². The Bertz CT molecular complexity index is 756. The van der Waals surface area contributed by atoms with Crippen LogP contribution in [0.1, 0.15) is 39.0 Å². The molecule has 24 heavy (non-hydrogen) atoms. The zero-order chi connectivity index (χ0) is 17.3. The van der Waals surface area contributed by atoms with Gasteiger partial charge < -0.3 is 0 Å². The summed E-state index contributed by atoms with van der Waals surface area (Å²) in [7, 11) is -3.86. The van der Waals surface area contributed by atoms with E-state index in [0.29, 0.717) is 10.2 Å². The van der Waals surface area contributed by atoms with Crippen molar-refractivity contribution >= 4 is 44.5 Å². The summed E-state index contributed by atoms with van der Waals surface area (Å²) in [6.07, 6.45) is 5.09. The molecule has 0 unspecified atom stereocenters. The molecule has 2 aliphatic rings. The fourth-order valence-electron chi connectivity index (χ4n) is 3.06. The smallest absolute Gasteiger partial charge is 0.284 e. The molecule has 0 spiro atoms. The molecule has 1 amide bonds. The second-order valence-corrected chi connectivity index (χ2v) is 9.41. The molecule has 1 heterocycles. The van der Waals surface area contributed by atoms with Crippen molar-refractivity contribution in [2.24, 2.45) is 4.40 Å². The number of amides is 1. The van der Waals surface area contributed by atoms with Crippen molar-refractivity contribution in [1.29, 1.82) is 0 Å². The molecule has 1 atom stereocenters. The highest BCUT2D eigenvalue weighted by Gasteiger charge is 2.40. The maximum absolute atomic E-state index is 12.6. The zero-order valence-corrected chi connectivity index (χ0v) is 15.7. The highest BCUT2D eigenvalue weighted by Crippen LogP contribution is 2.34. The topological polar surface area (TPSA) is 66.8 Å². The lowest BCUT2D eigenvalue weighted by molar-refractivity contribution is -0.127. The van der Waals surface area contributed by atoms with E-state index in [1.165, 1.54) is 36.0 Å². The Hall–Kier alpha value is -1.05. The van der Waals surface area contributed by atoms with Gasteiger partial charge in [-0.1, -0.05) is 42.6 Å². The first-order chi connectivity index (χ1) is 11.4. The molecule has 1 saturated carbocycles. The second kappa shape index (κ2) is 7.06. The van der Waals surface area contributed by atoms with Gasteiger partial charge in [0.15, 0.2) is 5.17 Å². The average Bonchev–Trinajstić information content (AvgIpc) is 2.82. The minimum atomic E-state index is -3.86. The first kappa shape index (κ1) is 17.8. The molecule has 3 rings (SSSR count). The molecule has 2 fully saturated rings. The van der Waals surface area contributed by atoms with Crippen LogP contribution in [-0.2, 0) is 14.8 Å². The van der Waals surface area contributed by atoms with Crippen LogP contribution >= 0.6 is 23.4 Å². The number of sulfonamides is 1. The van der Waals surface area contributed by atoms with Crippen molar-refractivity contribution in [2.75, 3.05) is 0 Å². The Balaban J connectivity index is 1.93. The van der Waals surface area contributed by atoms with Gasteiger partial charge in [-0.3, -0.25) is 9.69 Å². The van der Waals surface area contributed by atoms with Crippen LogP contribution < -0.4 is 0 Å². The van der Waals surface area contributed by atoms with Crippen molar-refractivity contribution < 1.29 is 13.2 Å². The molecular formula is C16H19ClN2O3S2. The third kappa shape index (κ3) is 3.63. The van der Waals surface area contributed by atoms with Gasteiger partial charge >= 0.3 is 0 Å². The van der Waals surface area contributed by atoms with Crippen LogP contribution in [0.5, 0.6) is 0 Å². The molecule has 130 valence electrons. The standard InChI is InChI=1S/C16H19ClN2O3S2/c1-11-15(20)19(13-5-3-2-4-6-13)16(23-11)18-24(21,22)14-9-7-12(17)8-10-14/h7-11,13H,2-6H2,1H3/t11-/m1/s1. The molecule has 1 aromatic carbocycles. The van der Waals surface area contributed by atoms with E-state index in [4.69, 9.17) is 11.6 Å². The molecule has 0 radical (unpaired) electrons. The summed E-state index contributed by atoms with van der Waals surface area (Å²) in [5, 5.41) is 0.463. The van der Waals surface area contributed by atoms with Crippen molar-refractivity contribution in [3.63, 3.8) is 0 Å². The zero-order valence-electron chi connectivity index (χ0n) is 13.3. The van der Waals surface area contributed by atoms with Crippen molar-refractivity contribution in [3.05, 3.63) is 29.3 Å². The quantitative estimate of drug-likeness (QED) is 0.794. The predicted octanol–water partition coefficient (Wildman–Crippen LogP) is 3.68. The summed E-state index contributed by atoms with van der Waals surface area (Å²) in [6.45, 7) is 1.79. The van der Waals surface area contributed by atoms with E-state index < -0.39 is 10.0 Å². The average molecular weight is 387 g/mol. The first-order valence-electron chi connectivity index (χ1n) is 7.99. The Morgan fingerprint density at radius 3 is 2.42 bits per heavy atom. The lowest BCUT2D eigenvalue weighted by Gasteiger charge is -2.30. The maximum atomic E-state index is 12.6. The summed E-state index contributed by atoms with van der Waals surface area (Å²) in [5.74, 6) is -0.0445. The van der Waals surface area contributed by atoms with Crippen molar-refractivity contribution in [1.82, 2.24) is 4.90 Å². The van der Waals surface area contributed by atoms with Gasteiger partial charge in [0, 0.05) is 11.1 Å². The van der Waals surface area contributed by atoms with Gasteiger partial charge in [0.05, 0.1) is 10.1 Å². The third-order valence-corrected chi connectivity index (χ3v) is 7.03. The summed E-state index contributed by atoms with van der Waals surface area (Å²) in [6, 6.07) is 5.95. The van der Waals surface area contributed by atoms with Crippen molar-refractivity contribution in [3.8, 4) is 0 Å². The summed E-state index contributed by atoms with van der Waals surface area (Å²) < 4.78 is 29.1. The van der Waals surface area contributed by atoms with Crippen LogP contribution in [0.3, 0.4) is 0 Å².